The molecule has 4 aliphatic carbocycles. The zero-order chi connectivity index (χ0) is 87.2. The Bertz CT molecular complexity index is 5160. The molecule has 12 nitrogen and oxygen atoms in total. The molecule has 16 rings (SSSR count). The lowest BCUT2D eigenvalue weighted by atomic mass is 9.71. The number of carbonyl (C=O) groups is 4. The molecule has 0 saturated heterocycles. The van der Waals surface area contributed by atoms with Gasteiger partial charge in [0, 0.05) is 94.3 Å². The number of aromatic nitrogens is 4. The highest BCUT2D eigenvalue weighted by Gasteiger charge is 2.35. The first-order valence-corrected chi connectivity index (χ1v) is 44.6. The van der Waals surface area contributed by atoms with E-state index in [0.29, 0.717) is 141 Å². The number of pyridine rings is 4. The van der Waals surface area contributed by atoms with Crippen LogP contribution in [0.15, 0.2) is 219 Å². The predicted octanol–water partition coefficient (Wildman–Crippen LogP) is 27.3. The summed E-state index contributed by atoms with van der Waals surface area (Å²) < 4.78 is 55.3. The van der Waals surface area contributed by atoms with Crippen molar-refractivity contribution >= 4 is 66.7 Å². The van der Waals surface area contributed by atoms with Crippen molar-refractivity contribution in [2.45, 2.75) is 205 Å². The van der Waals surface area contributed by atoms with Gasteiger partial charge in [-0.3, -0.25) is 39.1 Å². The molecular weight excluding hydrogens is 1550 g/mol. The summed E-state index contributed by atoms with van der Waals surface area (Å²) in [5.74, 6) is 5.04. The van der Waals surface area contributed by atoms with E-state index in [0.717, 1.165) is 172 Å². The maximum atomic E-state index is 13.8. The zero-order valence-corrected chi connectivity index (χ0v) is 71.4. The molecule has 0 N–H and O–H groups in total. The molecule has 4 atom stereocenters. The second kappa shape index (κ2) is 43.2. The summed E-state index contributed by atoms with van der Waals surface area (Å²) in [6, 6.07) is 63.6. The van der Waals surface area contributed by atoms with Gasteiger partial charge < -0.3 is 0 Å². The summed E-state index contributed by atoms with van der Waals surface area (Å²) in [5.41, 5.74) is 13.2. The van der Waals surface area contributed by atoms with Crippen molar-refractivity contribution in [1.82, 2.24) is 19.9 Å². The number of fused-ring (bicyclic) bond motifs is 4. The van der Waals surface area contributed by atoms with Gasteiger partial charge in [0.05, 0.1) is 68.6 Å². The summed E-state index contributed by atoms with van der Waals surface area (Å²) in [7, 11) is 0. The number of hydrogen-bond acceptors (Lipinski definition) is 12. The van der Waals surface area contributed by atoms with E-state index in [9.17, 15) is 36.7 Å². The third-order valence-electron chi connectivity index (χ3n) is 27.7. The van der Waals surface area contributed by atoms with E-state index < -0.39 is 0 Å². The summed E-state index contributed by atoms with van der Waals surface area (Å²) in [4.78, 5) is 68.7. The van der Waals surface area contributed by atoms with Gasteiger partial charge >= 0.3 is 0 Å². The lowest BCUT2D eigenvalue weighted by molar-refractivity contribution is 0.0918. The van der Waals surface area contributed by atoms with Gasteiger partial charge in [0.25, 0.3) is 0 Å². The van der Waals surface area contributed by atoms with Gasteiger partial charge in [-0.25, -0.2) is 17.6 Å². The van der Waals surface area contributed by atoms with Crippen molar-refractivity contribution in [3.8, 4) is 24.3 Å². The van der Waals surface area contributed by atoms with E-state index in [1.54, 1.807) is 146 Å². The van der Waals surface area contributed by atoms with Crippen LogP contribution in [-0.4, -0.2) is 43.1 Å². The molecule has 16 heteroatoms. The van der Waals surface area contributed by atoms with Crippen molar-refractivity contribution in [3.05, 3.63) is 309 Å². The Labute approximate surface area is 726 Å². The van der Waals surface area contributed by atoms with E-state index in [1.165, 1.54) is 46.5 Å². The van der Waals surface area contributed by atoms with Gasteiger partial charge in [-0.1, -0.05) is 102 Å². The van der Waals surface area contributed by atoms with Gasteiger partial charge in [-0.05, 0) is 342 Å². The van der Waals surface area contributed by atoms with E-state index in [1.807, 2.05) is 49.1 Å². The molecule has 4 saturated carbocycles. The van der Waals surface area contributed by atoms with Crippen LogP contribution >= 0.6 is 0 Å². The molecule has 4 fully saturated rings. The lowest BCUT2D eigenvalue weighted by Gasteiger charge is -2.34. The Balaban J connectivity index is 0.000000142. The molecule has 4 aromatic heterocycles. The number of nitriles is 4. The number of ketones is 4. The Kier molecular flexibility index (Phi) is 31.2. The first kappa shape index (κ1) is 89.5. The van der Waals surface area contributed by atoms with Crippen molar-refractivity contribution < 1.29 is 36.7 Å². The molecule has 124 heavy (non-hydrogen) atoms. The highest BCUT2D eigenvalue weighted by molar-refractivity contribution is 5.98. The van der Waals surface area contributed by atoms with Crippen molar-refractivity contribution in [3.63, 3.8) is 0 Å². The van der Waals surface area contributed by atoms with Crippen LogP contribution < -0.4 is 0 Å². The Morgan fingerprint density at radius 2 is 0.468 bits per heavy atom. The molecule has 0 amide bonds. The SMILES string of the molecule is CC[C@@H](CC(=O)c1ccc(C#N)cc1)C1CCC(c2ccnc3ccc(F)cc23)CC1.CC[C@@H](CC(=O)c1ccc(C#N)cc1)C1CCC(c2ccnc3ccc(F)cc23)CC1.CC[C@H](CC(=O)c1ccc(C#N)cc1)C1CCC(c2ccnc3ccc(F)cc23)CC1.CC[C@H](CC(=O)c1ccc(C#N)cc1)C1CCC(c2ccnc3ccc(F)cc23)CC1. The van der Waals surface area contributed by atoms with Crippen molar-refractivity contribution in [1.29, 1.82) is 21.0 Å². The average molecular weight is 1660 g/mol. The van der Waals surface area contributed by atoms with E-state index in [2.05, 4.69) is 71.9 Å². The van der Waals surface area contributed by atoms with Crippen LogP contribution in [0.4, 0.5) is 17.6 Å². The quantitative estimate of drug-likeness (QED) is 0.0408. The van der Waals surface area contributed by atoms with Crippen LogP contribution in [0.5, 0.6) is 0 Å². The van der Waals surface area contributed by atoms with E-state index in [4.69, 9.17) is 21.0 Å². The number of hydrogen-bond donors (Lipinski definition) is 0. The molecular formula is C108H108F4N8O4. The number of carbonyl (C=O) groups excluding carboxylic acids is 4. The maximum Gasteiger partial charge on any atom is 0.163 e. The first-order chi connectivity index (χ1) is 60.3. The minimum Gasteiger partial charge on any atom is -0.294 e. The van der Waals surface area contributed by atoms with Gasteiger partial charge in [0.15, 0.2) is 23.1 Å². The molecule has 4 aliphatic rings. The molecule has 0 unspecified atom stereocenters. The third-order valence-corrected chi connectivity index (χ3v) is 27.7. The molecule has 632 valence electrons. The van der Waals surface area contributed by atoms with E-state index in [-0.39, 0.29) is 46.4 Å². The highest BCUT2D eigenvalue weighted by Crippen LogP contribution is 2.48. The maximum absolute atomic E-state index is 13.8. The minimum absolute atomic E-state index is 0.161. The smallest absolute Gasteiger partial charge is 0.163 e. The van der Waals surface area contributed by atoms with Gasteiger partial charge in [-0.15, -0.1) is 0 Å². The normalized spacial score (nSPS) is 19.6. The van der Waals surface area contributed by atoms with Crippen LogP contribution in [0.3, 0.4) is 0 Å². The molecule has 4 heterocycles. The zero-order valence-electron chi connectivity index (χ0n) is 71.4. The van der Waals surface area contributed by atoms with Crippen LogP contribution in [0.1, 0.15) is 291 Å². The molecule has 0 radical (unpaired) electrons. The van der Waals surface area contributed by atoms with Crippen molar-refractivity contribution in [2.24, 2.45) is 47.3 Å². The molecule has 0 aliphatic heterocycles. The standard InChI is InChI=1S/4C27H27FN2O/c4*1-2-19(15-27(31)22-5-3-18(17-29)4-6-22)20-7-9-21(10-8-20)24-13-14-30-26-12-11-23(28)16-25(24)26/h4*3-6,11-14,16,19-21H,2,7-10,15H2,1H3/t4*19-,20?,21?/m1100/s1. The highest BCUT2D eigenvalue weighted by atomic mass is 19.1. The first-order valence-electron chi connectivity index (χ1n) is 44.6. The van der Waals surface area contributed by atoms with Crippen LogP contribution in [-0.2, 0) is 0 Å². The summed E-state index contributed by atoms with van der Waals surface area (Å²) >= 11 is 0. The van der Waals surface area contributed by atoms with Crippen LogP contribution in [0, 0.1) is 116 Å². The summed E-state index contributed by atoms with van der Waals surface area (Å²) in [6.45, 7) is 8.67. The minimum atomic E-state index is -0.220. The third kappa shape index (κ3) is 22.6. The Hall–Kier alpha value is -12.2. The number of Topliss-reactive ketones (excluding diaryl/α,β-unsaturated/α-hetero) is 4. The second-order valence-corrected chi connectivity index (χ2v) is 34.6. The largest absolute Gasteiger partial charge is 0.294 e. The molecule has 12 aromatic rings. The van der Waals surface area contributed by atoms with Crippen LogP contribution in [0.2, 0.25) is 0 Å². The summed E-state index contributed by atoms with van der Waals surface area (Å²) in [5, 5.41) is 39.5. The fraction of sp³-hybridized carbons (Fsp3) is 0.370. The summed E-state index contributed by atoms with van der Waals surface area (Å²) in [6.07, 6.45) is 30.6. The molecule has 0 spiro atoms. The Morgan fingerprint density at radius 3 is 0.637 bits per heavy atom. The predicted molar refractivity (Wildman–Crippen MR) is 481 cm³/mol. The van der Waals surface area contributed by atoms with Crippen molar-refractivity contribution in [2.75, 3.05) is 0 Å². The lowest BCUT2D eigenvalue weighted by Crippen LogP contribution is -2.23. The van der Waals surface area contributed by atoms with Gasteiger partial charge in [0.2, 0.25) is 0 Å². The number of halogens is 4. The second-order valence-electron chi connectivity index (χ2n) is 34.6. The fourth-order valence-corrected chi connectivity index (χ4v) is 20.5. The van der Waals surface area contributed by atoms with E-state index >= 15 is 0 Å². The number of benzene rings is 8. The molecule has 8 aromatic carbocycles. The topological polar surface area (TPSA) is 215 Å². The monoisotopic (exact) mass is 1660 g/mol. The Morgan fingerprint density at radius 1 is 0.282 bits per heavy atom. The number of nitrogens with zero attached hydrogens (tertiary/aromatic N) is 8. The fourth-order valence-electron chi connectivity index (χ4n) is 20.5. The van der Waals surface area contributed by atoms with Gasteiger partial charge in [0.1, 0.15) is 23.3 Å². The molecule has 0 bridgehead atoms. The van der Waals surface area contributed by atoms with Crippen LogP contribution in [0.25, 0.3) is 43.6 Å². The van der Waals surface area contributed by atoms with Gasteiger partial charge in [-0.2, -0.15) is 21.0 Å². The average Bonchev–Trinajstić information content (AvgIpc) is 0.805. The number of rotatable bonds is 24.